The number of amides is 1. The Morgan fingerprint density at radius 3 is 2.88 bits per heavy atom. The highest BCUT2D eigenvalue weighted by atomic mass is 35.5. The van der Waals surface area contributed by atoms with Gasteiger partial charge in [0.15, 0.2) is 0 Å². The molecule has 0 aliphatic rings. The molecule has 24 heavy (non-hydrogen) atoms. The maximum atomic E-state index is 12.3. The van der Waals surface area contributed by atoms with Crippen LogP contribution in [0.15, 0.2) is 23.6 Å². The Kier molecular flexibility index (Phi) is 8.70. The zero-order valence-electron chi connectivity index (χ0n) is 13.7. The van der Waals surface area contributed by atoms with Crippen LogP contribution < -0.4 is 15.8 Å². The molecule has 6 nitrogen and oxygen atoms in total. The standard InChI is InChI=1S/C16H21N3O3S.ClH/c1-11-3-4-12(14(9-11)22-8-7-21-2)19-16(20)13-10-23-15(18-13)5-6-17;/h3-4,9-10H,5-8,17H2,1-2H3,(H,19,20);1H. The van der Waals surface area contributed by atoms with Crippen LogP contribution in [0.1, 0.15) is 21.1 Å². The van der Waals surface area contributed by atoms with Crippen LogP contribution in [0.25, 0.3) is 0 Å². The fourth-order valence-corrected chi connectivity index (χ4v) is 2.72. The first-order valence-electron chi connectivity index (χ1n) is 7.32. The van der Waals surface area contributed by atoms with Crippen LogP contribution >= 0.6 is 23.7 Å². The second-order valence-corrected chi connectivity index (χ2v) is 5.90. The molecule has 0 unspecified atom stereocenters. The number of halogens is 1. The predicted molar refractivity (Wildman–Crippen MR) is 98.6 cm³/mol. The number of ether oxygens (including phenoxy) is 2. The van der Waals surface area contributed by atoms with Crippen molar-refractivity contribution in [2.75, 3.05) is 32.2 Å². The monoisotopic (exact) mass is 371 g/mol. The second-order valence-electron chi connectivity index (χ2n) is 4.96. The van der Waals surface area contributed by atoms with E-state index in [-0.39, 0.29) is 18.3 Å². The van der Waals surface area contributed by atoms with E-state index in [2.05, 4.69) is 10.3 Å². The first-order valence-corrected chi connectivity index (χ1v) is 8.20. The Morgan fingerprint density at radius 1 is 1.38 bits per heavy atom. The van der Waals surface area contributed by atoms with Crippen LogP contribution in [0, 0.1) is 6.92 Å². The van der Waals surface area contributed by atoms with Crippen molar-refractivity contribution in [2.45, 2.75) is 13.3 Å². The highest BCUT2D eigenvalue weighted by Crippen LogP contribution is 2.26. The molecule has 0 aliphatic carbocycles. The van der Waals surface area contributed by atoms with Crippen LogP contribution in [0.3, 0.4) is 0 Å². The molecule has 0 saturated heterocycles. The summed E-state index contributed by atoms with van der Waals surface area (Å²) >= 11 is 1.44. The maximum Gasteiger partial charge on any atom is 0.275 e. The molecule has 0 spiro atoms. The molecule has 0 atom stereocenters. The van der Waals surface area contributed by atoms with Gasteiger partial charge in [-0.1, -0.05) is 6.07 Å². The van der Waals surface area contributed by atoms with E-state index in [1.807, 2.05) is 25.1 Å². The number of aromatic nitrogens is 1. The quantitative estimate of drug-likeness (QED) is 0.696. The van der Waals surface area contributed by atoms with Crippen molar-refractivity contribution < 1.29 is 14.3 Å². The minimum Gasteiger partial charge on any atom is -0.489 e. The maximum absolute atomic E-state index is 12.3. The van der Waals surface area contributed by atoms with E-state index in [0.29, 0.717) is 43.3 Å². The summed E-state index contributed by atoms with van der Waals surface area (Å²) in [4.78, 5) is 16.6. The average Bonchev–Trinajstić information content (AvgIpc) is 2.99. The molecule has 0 radical (unpaired) electrons. The molecule has 0 saturated carbocycles. The molecule has 1 aromatic heterocycles. The minimum absolute atomic E-state index is 0. The van der Waals surface area contributed by atoms with Gasteiger partial charge < -0.3 is 20.5 Å². The number of rotatable bonds is 8. The number of methoxy groups -OCH3 is 1. The lowest BCUT2D eigenvalue weighted by Gasteiger charge is -2.12. The summed E-state index contributed by atoms with van der Waals surface area (Å²) in [5.41, 5.74) is 7.56. The molecule has 1 amide bonds. The number of thiazole rings is 1. The Labute approximate surface area is 151 Å². The van der Waals surface area contributed by atoms with Gasteiger partial charge in [0.2, 0.25) is 0 Å². The molecule has 0 aliphatic heterocycles. The Morgan fingerprint density at radius 2 is 2.17 bits per heavy atom. The van der Waals surface area contributed by atoms with Gasteiger partial charge in [0.05, 0.1) is 17.3 Å². The summed E-state index contributed by atoms with van der Waals surface area (Å²) < 4.78 is 10.6. The number of carbonyl (C=O) groups is 1. The Balaban J connectivity index is 0.00000288. The third-order valence-electron chi connectivity index (χ3n) is 3.07. The number of nitrogens with zero attached hydrogens (tertiary/aromatic N) is 1. The van der Waals surface area contributed by atoms with Gasteiger partial charge in [-0.2, -0.15) is 0 Å². The topological polar surface area (TPSA) is 86.5 Å². The van der Waals surface area contributed by atoms with E-state index in [1.165, 1.54) is 11.3 Å². The predicted octanol–water partition coefficient (Wildman–Crippen LogP) is 2.65. The number of hydrogen-bond acceptors (Lipinski definition) is 6. The summed E-state index contributed by atoms with van der Waals surface area (Å²) in [5.74, 6) is 0.359. The van der Waals surface area contributed by atoms with Gasteiger partial charge >= 0.3 is 0 Å². The lowest BCUT2D eigenvalue weighted by atomic mass is 10.2. The van der Waals surface area contributed by atoms with Crippen LogP contribution in [-0.2, 0) is 11.2 Å². The van der Waals surface area contributed by atoms with Crippen LogP contribution in [0.4, 0.5) is 5.69 Å². The van der Waals surface area contributed by atoms with Crippen molar-refractivity contribution in [1.29, 1.82) is 0 Å². The third kappa shape index (κ3) is 5.76. The molecule has 0 fully saturated rings. The highest BCUT2D eigenvalue weighted by Gasteiger charge is 2.13. The number of carbonyl (C=O) groups excluding carboxylic acids is 1. The van der Waals surface area contributed by atoms with Gasteiger partial charge in [-0.25, -0.2) is 4.98 Å². The van der Waals surface area contributed by atoms with Crippen LogP contribution in [0.5, 0.6) is 5.75 Å². The van der Waals surface area contributed by atoms with Crippen molar-refractivity contribution in [2.24, 2.45) is 5.73 Å². The van der Waals surface area contributed by atoms with Crippen molar-refractivity contribution in [3.63, 3.8) is 0 Å². The number of nitrogens with one attached hydrogen (secondary N) is 1. The molecule has 1 heterocycles. The zero-order valence-corrected chi connectivity index (χ0v) is 15.3. The average molecular weight is 372 g/mol. The summed E-state index contributed by atoms with van der Waals surface area (Å²) in [7, 11) is 1.61. The molecule has 132 valence electrons. The minimum atomic E-state index is -0.259. The number of benzene rings is 1. The van der Waals surface area contributed by atoms with Gasteiger partial charge in [0.1, 0.15) is 18.1 Å². The lowest BCUT2D eigenvalue weighted by molar-refractivity contribution is 0.102. The molecule has 0 bridgehead atoms. The van der Waals surface area contributed by atoms with Gasteiger partial charge in [0.25, 0.3) is 5.91 Å². The van der Waals surface area contributed by atoms with Crippen molar-refractivity contribution in [1.82, 2.24) is 4.98 Å². The summed E-state index contributed by atoms with van der Waals surface area (Å²) in [5, 5.41) is 5.44. The third-order valence-corrected chi connectivity index (χ3v) is 3.98. The Hall–Kier alpha value is -1.67. The first-order chi connectivity index (χ1) is 11.1. The van der Waals surface area contributed by atoms with E-state index in [4.69, 9.17) is 15.2 Å². The largest absolute Gasteiger partial charge is 0.489 e. The van der Waals surface area contributed by atoms with Crippen molar-refractivity contribution in [3.8, 4) is 5.75 Å². The highest BCUT2D eigenvalue weighted by molar-refractivity contribution is 7.09. The Bertz CT molecular complexity index is 664. The van der Waals surface area contributed by atoms with Crippen molar-refractivity contribution in [3.05, 3.63) is 39.8 Å². The zero-order chi connectivity index (χ0) is 16.7. The van der Waals surface area contributed by atoms with E-state index >= 15 is 0 Å². The summed E-state index contributed by atoms with van der Waals surface area (Å²) in [6.07, 6.45) is 0.674. The number of anilines is 1. The SMILES string of the molecule is COCCOc1cc(C)ccc1NC(=O)c1csc(CCN)n1.Cl. The lowest BCUT2D eigenvalue weighted by Crippen LogP contribution is -2.14. The second kappa shape index (κ2) is 10.2. The van der Waals surface area contributed by atoms with Gasteiger partial charge in [-0.15, -0.1) is 23.7 Å². The number of nitrogens with two attached hydrogens (primary N) is 1. The molecule has 2 rings (SSSR count). The fraction of sp³-hybridized carbons (Fsp3) is 0.375. The van der Waals surface area contributed by atoms with Crippen LogP contribution in [0.2, 0.25) is 0 Å². The molecular weight excluding hydrogens is 350 g/mol. The van der Waals surface area contributed by atoms with Gasteiger partial charge in [-0.05, 0) is 31.2 Å². The fourth-order valence-electron chi connectivity index (χ4n) is 1.93. The smallest absolute Gasteiger partial charge is 0.275 e. The number of aryl methyl sites for hydroxylation is 1. The van der Waals surface area contributed by atoms with Gasteiger partial charge in [-0.3, -0.25) is 4.79 Å². The van der Waals surface area contributed by atoms with Crippen molar-refractivity contribution >= 4 is 35.3 Å². The molecule has 8 heteroatoms. The van der Waals surface area contributed by atoms with E-state index in [0.717, 1.165) is 10.6 Å². The first kappa shape index (κ1) is 20.4. The summed E-state index contributed by atoms with van der Waals surface area (Å²) in [6.45, 7) is 3.38. The van der Waals surface area contributed by atoms with Gasteiger partial charge in [0, 0.05) is 18.9 Å². The molecule has 1 aromatic carbocycles. The van der Waals surface area contributed by atoms with Crippen LogP contribution in [-0.4, -0.2) is 37.8 Å². The number of hydrogen-bond donors (Lipinski definition) is 2. The summed E-state index contributed by atoms with van der Waals surface area (Å²) in [6, 6.07) is 5.62. The molecular formula is C16H22ClN3O3S. The van der Waals surface area contributed by atoms with E-state index in [1.54, 1.807) is 12.5 Å². The normalized spacial score (nSPS) is 10.1. The van der Waals surface area contributed by atoms with E-state index < -0.39 is 0 Å². The molecule has 2 aromatic rings. The molecule has 3 N–H and O–H groups in total. The van der Waals surface area contributed by atoms with E-state index in [9.17, 15) is 4.79 Å².